The summed E-state index contributed by atoms with van der Waals surface area (Å²) in [5.74, 6) is 0.435. The van der Waals surface area contributed by atoms with E-state index < -0.39 is 17.9 Å². The average molecular weight is 575 g/mol. The summed E-state index contributed by atoms with van der Waals surface area (Å²) in [5, 5.41) is 9.57. The van der Waals surface area contributed by atoms with Gasteiger partial charge in [0.05, 0.1) is 12.8 Å². The van der Waals surface area contributed by atoms with E-state index in [1.54, 1.807) is 36.4 Å². The van der Waals surface area contributed by atoms with Crippen LogP contribution in [0.25, 0.3) is 0 Å². The number of hydrogen-bond donors (Lipinski definition) is 3. The van der Waals surface area contributed by atoms with Gasteiger partial charge in [0.25, 0.3) is 17.7 Å². The fourth-order valence-corrected chi connectivity index (χ4v) is 3.90. The Balaban J connectivity index is 1.56. The second kappa shape index (κ2) is 16.4. The van der Waals surface area contributed by atoms with Crippen LogP contribution in [0.1, 0.15) is 38.3 Å². The number of amides is 3. The molecule has 0 aromatic heterocycles. The van der Waals surface area contributed by atoms with Crippen molar-refractivity contribution in [1.82, 2.24) is 10.7 Å². The average Bonchev–Trinajstić information content (AvgIpc) is 2.96. The largest absolute Gasteiger partial charge is 0.490 e. The van der Waals surface area contributed by atoms with Gasteiger partial charge in [-0.2, -0.15) is 5.10 Å². The minimum atomic E-state index is -0.785. The van der Waals surface area contributed by atoms with E-state index in [0.717, 1.165) is 5.56 Å². The first-order valence-electron chi connectivity index (χ1n) is 13.8. The van der Waals surface area contributed by atoms with Gasteiger partial charge in [0.15, 0.2) is 24.7 Å². The number of ether oxygens (including phenoxy) is 3. The molecule has 0 aliphatic rings. The predicted octanol–water partition coefficient (Wildman–Crippen LogP) is 4.47. The molecule has 0 heterocycles. The summed E-state index contributed by atoms with van der Waals surface area (Å²) in [6.45, 7) is 7.63. The first-order chi connectivity index (χ1) is 20.2. The molecule has 10 heteroatoms. The summed E-state index contributed by atoms with van der Waals surface area (Å²) in [5.41, 5.74) is 4.73. The zero-order valence-electron chi connectivity index (χ0n) is 24.4. The van der Waals surface area contributed by atoms with Crippen LogP contribution < -0.4 is 30.3 Å². The third kappa shape index (κ3) is 10.6. The van der Waals surface area contributed by atoms with Gasteiger partial charge in [-0.05, 0) is 73.7 Å². The molecule has 0 aliphatic heterocycles. The summed E-state index contributed by atoms with van der Waals surface area (Å²) in [6.07, 6.45) is 1.89. The van der Waals surface area contributed by atoms with Crippen LogP contribution in [0.3, 0.4) is 0 Å². The van der Waals surface area contributed by atoms with Gasteiger partial charge in [-0.1, -0.05) is 50.2 Å². The Morgan fingerprint density at radius 3 is 2.24 bits per heavy atom. The van der Waals surface area contributed by atoms with Crippen LogP contribution in [-0.4, -0.2) is 49.8 Å². The lowest BCUT2D eigenvalue weighted by atomic mass is 10.0. The normalized spacial score (nSPS) is 11.5. The van der Waals surface area contributed by atoms with E-state index in [0.29, 0.717) is 41.5 Å². The predicted molar refractivity (Wildman–Crippen MR) is 162 cm³/mol. The van der Waals surface area contributed by atoms with Crippen molar-refractivity contribution in [2.75, 3.05) is 25.1 Å². The van der Waals surface area contributed by atoms with Gasteiger partial charge in [-0.15, -0.1) is 0 Å². The van der Waals surface area contributed by atoms with E-state index in [1.165, 1.54) is 6.21 Å². The maximum atomic E-state index is 12.9. The van der Waals surface area contributed by atoms with Crippen LogP contribution in [0, 0.1) is 12.8 Å². The van der Waals surface area contributed by atoms with Crippen LogP contribution in [0.2, 0.25) is 0 Å². The van der Waals surface area contributed by atoms with Gasteiger partial charge < -0.3 is 24.8 Å². The molecule has 0 radical (unpaired) electrons. The van der Waals surface area contributed by atoms with Crippen molar-refractivity contribution in [3.05, 3.63) is 83.9 Å². The van der Waals surface area contributed by atoms with E-state index in [-0.39, 0.29) is 25.0 Å². The Morgan fingerprint density at radius 1 is 0.833 bits per heavy atom. The summed E-state index contributed by atoms with van der Waals surface area (Å²) in [6, 6.07) is 20.8. The zero-order valence-corrected chi connectivity index (χ0v) is 24.4. The molecule has 0 bridgehead atoms. The second-order valence-electron chi connectivity index (χ2n) is 9.88. The summed E-state index contributed by atoms with van der Waals surface area (Å²) in [4.78, 5) is 37.7. The summed E-state index contributed by atoms with van der Waals surface area (Å²) >= 11 is 0. The lowest BCUT2D eigenvalue weighted by Crippen LogP contribution is -2.47. The fourth-order valence-electron chi connectivity index (χ4n) is 3.90. The number of para-hydroxylation sites is 2. The van der Waals surface area contributed by atoms with Gasteiger partial charge in [0, 0.05) is 5.69 Å². The van der Waals surface area contributed by atoms with Gasteiger partial charge in [-0.25, -0.2) is 5.43 Å². The summed E-state index contributed by atoms with van der Waals surface area (Å²) in [7, 11) is 0. The van der Waals surface area contributed by atoms with Crippen molar-refractivity contribution in [3.8, 4) is 17.2 Å². The molecular weight excluding hydrogens is 536 g/mol. The third-order valence-corrected chi connectivity index (χ3v) is 5.88. The molecule has 0 fully saturated rings. The van der Waals surface area contributed by atoms with Crippen LogP contribution in [0.4, 0.5) is 5.69 Å². The molecule has 0 unspecified atom stereocenters. The Labute approximate surface area is 246 Å². The van der Waals surface area contributed by atoms with Gasteiger partial charge in [-0.3, -0.25) is 14.4 Å². The van der Waals surface area contributed by atoms with E-state index in [9.17, 15) is 14.4 Å². The van der Waals surface area contributed by atoms with E-state index in [2.05, 4.69) is 21.2 Å². The molecule has 0 spiro atoms. The highest BCUT2D eigenvalue weighted by Crippen LogP contribution is 2.28. The maximum Gasteiger partial charge on any atom is 0.262 e. The lowest BCUT2D eigenvalue weighted by molar-refractivity contribution is -0.130. The fraction of sp³-hybridized carbons (Fsp3) is 0.312. The number of hydrogen-bond acceptors (Lipinski definition) is 7. The van der Waals surface area contributed by atoms with Crippen molar-refractivity contribution in [2.24, 2.45) is 11.0 Å². The van der Waals surface area contributed by atoms with Crippen molar-refractivity contribution in [3.63, 3.8) is 0 Å². The first-order valence-corrected chi connectivity index (χ1v) is 13.8. The molecule has 0 saturated heterocycles. The topological polar surface area (TPSA) is 127 Å². The highest BCUT2D eigenvalue weighted by Gasteiger charge is 2.22. The minimum Gasteiger partial charge on any atom is -0.490 e. The number of hydrazone groups is 1. The standard InChI is InChI=1S/C32H38N4O6/c1-5-40-29-18-24(15-16-28(29)42-20-30(37)34-25-12-7-6-8-13-25)19-33-36-32(39)26(17-22(2)3)35-31(38)21-41-27-14-10-9-11-23(27)4/h6-16,18-19,22,26H,5,17,20-21H2,1-4H3,(H,34,37)(H,35,38)(H,36,39)/b33-19-/t26-/m0/s1. The lowest BCUT2D eigenvalue weighted by Gasteiger charge is -2.19. The number of aryl methyl sites for hydroxylation is 1. The van der Waals surface area contributed by atoms with Crippen LogP contribution in [-0.2, 0) is 14.4 Å². The number of carbonyl (C=O) groups excluding carboxylic acids is 3. The third-order valence-electron chi connectivity index (χ3n) is 5.88. The molecule has 3 N–H and O–H groups in total. The minimum absolute atomic E-state index is 0.151. The number of rotatable bonds is 15. The molecule has 0 aliphatic carbocycles. The number of anilines is 1. The maximum absolute atomic E-state index is 12.9. The Kier molecular flexibility index (Phi) is 12.4. The molecule has 3 aromatic rings. The second-order valence-corrected chi connectivity index (χ2v) is 9.88. The zero-order chi connectivity index (χ0) is 30.3. The molecule has 3 rings (SSSR count). The van der Waals surface area contributed by atoms with Crippen molar-refractivity contribution in [2.45, 2.75) is 40.2 Å². The Bertz CT molecular complexity index is 1360. The molecule has 0 saturated carbocycles. The number of benzene rings is 3. The van der Waals surface area contributed by atoms with E-state index >= 15 is 0 Å². The molecule has 222 valence electrons. The smallest absolute Gasteiger partial charge is 0.262 e. The number of carbonyl (C=O) groups is 3. The quantitative estimate of drug-likeness (QED) is 0.182. The van der Waals surface area contributed by atoms with E-state index in [4.69, 9.17) is 14.2 Å². The van der Waals surface area contributed by atoms with Crippen LogP contribution in [0.5, 0.6) is 17.2 Å². The molecule has 3 amide bonds. The highest BCUT2D eigenvalue weighted by atomic mass is 16.5. The monoisotopic (exact) mass is 574 g/mol. The Morgan fingerprint density at radius 2 is 1.52 bits per heavy atom. The SMILES string of the molecule is CCOc1cc(/C=N\NC(=O)[C@H](CC(C)C)NC(=O)COc2ccccc2C)ccc1OCC(=O)Nc1ccccc1. The van der Waals surface area contributed by atoms with Crippen LogP contribution >= 0.6 is 0 Å². The molecule has 42 heavy (non-hydrogen) atoms. The van der Waals surface area contributed by atoms with Crippen molar-refractivity contribution >= 4 is 29.6 Å². The molecule has 3 aromatic carbocycles. The molecular formula is C32H38N4O6. The first kappa shape index (κ1) is 31.7. The van der Waals surface area contributed by atoms with Crippen LogP contribution in [0.15, 0.2) is 77.9 Å². The summed E-state index contributed by atoms with van der Waals surface area (Å²) < 4.78 is 17.0. The molecule has 10 nitrogen and oxygen atoms in total. The molecule has 1 atom stereocenters. The van der Waals surface area contributed by atoms with Gasteiger partial charge in [0.1, 0.15) is 11.8 Å². The Hall–Kier alpha value is -4.86. The van der Waals surface area contributed by atoms with Gasteiger partial charge in [0.2, 0.25) is 0 Å². The van der Waals surface area contributed by atoms with Gasteiger partial charge >= 0.3 is 0 Å². The van der Waals surface area contributed by atoms with Crippen molar-refractivity contribution < 1.29 is 28.6 Å². The van der Waals surface area contributed by atoms with Crippen molar-refractivity contribution in [1.29, 1.82) is 0 Å². The number of nitrogens with one attached hydrogen (secondary N) is 3. The number of nitrogens with zero attached hydrogens (tertiary/aromatic N) is 1. The highest BCUT2D eigenvalue weighted by molar-refractivity contribution is 5.92. The van der Waals surface area contributed by atoms with E-state index in [1.807, 2.05) is 64.1 Å².